The lowest BCUT2D eigenvalue weighted by Crippen LogP contribution is -2.46. The van der Waals surface area contributed by atoms with Crippen LogP contribution in [0, 0.1) is 11.3 Å². The summed E-state index contributed by atoms with van der Waals surface area (Å²) in [6.45, 7) is 3.96. The molecule has 1 amide bonds. The largest absolute Gasteiger partial charge is 0.374 e. The first-order chi connectivity index (χ1) is 8.22. The number of nitrogens with zero attached hydrogens (tertiary/aromatic N) is 2. The summed E-state index contributed by atoms with van der Waals surface area (Å²) in [6.07, 6.45) is 0.506. The number of hydrogen-bond acceptors (Lipinski definition) is 5. The predicted octanol–water partition coefficient (Wildman–Crippen LogP) is -1.06. The highest BCUT2D eigenvalue weighted by Crippen LogP contribution is 1.98. The van der Waals surface area contributed by atoms with Gasteiger partial charge in [0.25, 0.3) is 0 Å². The highest BCUT2D eigenvalue weighted by atomic mass is 16.5. The summed E-state index contributed by atoms with van der Waals surface area (Å²) in [5.41, 5.74) is 0. The number of morpholine rings is 1. The Morgan fingerprint density at radius 1 is 1.71 bits per heavy atom. The third-order valence-corrected chi connectivity index (χ3v) is 2.49. The van der Waals surface area contributed by atoms with E-state index in [-0.39, 0.29) is 12.0 Å². The lowest BCUT2D eigenvalue weighted by Gasteiger charge is -2.27. The van der Waals surface area contributed by atoms with Gasteiger partial charge in [0.2, 0.25) is 5.91 Å². The molecule has 1 unspecified atom stereocenters. The molecular formula is C11H20N4O2. The zero-order chi connectivity index (χ0) is 12.5. The van der Waals surface area contributed by atoms with Gasteiger partial charge in [-0.3, -0.25) is 9.69 Å². The zero-order valence-corrected chi connectivity index (χ0v) is 10.2. The van der Waals surface area contributed by atoms with E-state index in [0.717, 1.165) is 26.2 Å². The molecule has 1 rings (SSSR count). The van der Waals surface area contributed by atoms with Crippen molar-refractivity contribution in [2.75, 3.05) is 46.4 Å². The van der Waals surface area contributed by atoms with Gasteiger partial charge in [-0.2, -0.15) is 5.26 Å². The highest BCUT2D eigenvalue weighted by Gasteiger charge is 2.16. The van der Waals surface area contributed by atoms with Gasteiger partial charge in [-0.25, -0.2) is 0 Å². The van der Waals surface area contributed by atoms with Crippen LogP contribution in [0.15, 0.2) is 0 Å². The van der Waals surface area contributed by atoms with E-state index >= 15 is 0 Å². The fourth-order valence-electron chi connectivity index (χ4n) is 1.71. The van der Waals surface area contributed by atoms with E-state index in [0.29, 0.717) is 19.5 Å². The summed E-state index contributed by atoms with van der Waals surface area (Å²) < 4.78 is 5.55. The Labute approximate surface area is 102 Å². The molecular weight excluding hydrogens is 220 g/mol. The Bertz CT molecular complexity index is 271. The molecule has 2 N–H and O–H groups in total. The molecule has 0 spiro atoms. The molecule has 6 nitrogen and oxygen atoms in total. The summed E-state index contributed by atoms with van der Waals surface area (Å²) >= 11 is 0. The van der Waals surface area contributed by atoms with Crippen molar-refractivity contribution in [2.24, 2.45) is 0 Å². The topological polar surface area (TPSA) is 77.4 Å². The number of carbonyl (C=O) groups is 1. The Morgan fingerprint density at radius 2 is 2.53 bits per heavy atom. The molecule has 0 aromatic carbocycles. The molecule has 6 heteroatoms. The van der Waals surface area contributed by atoms with Gasteiger partial charge in [0.1, 0.15) is 0 Å². The Morgan fingerprint density at radius 3 is 3.18 bits per heavy atom. The summed E-state index contributed by atoms with van der Waals surface area (Å²) in [5, 5.41) is 14.3. The maximum Gasteiger partial charge on any atom is 0.234 e. The fraction of sp³-hybridized carbons (Fsp3) is 0.818. The van der Waals surface area contributed by atoms with Gasteiger partial charge < -0.3 is 15.4 Å². The van der Waals surface area contributed by atoms with Crippen LogP contribution in [0.4, 0.5) is 0 Å². The lowest BCUT2D eigenvalue weighted by atomic mass is 10.3. The number of hydrogen-bond donors (Lipinski definition) is 2. The molecule has 0 saturated carbocycles. The second-order valence-corrected chi connectivity index (χ2v) is 4.15. The molecule has 0 aromatic heterocycles. The number of likely N-dealkylation sites (N-methyl/N-ethyl adjacent to an activating group) is 1. The number of nitriles is 1. The number of rotatable bonds is 6. The second-order valence-electron chi connectivity index (χ2n) is 4.15. The van der Waals surface area contributed by atoms with Gasteiger partial charge in [0, 0.05) is 26.2 Å². The number of nitrogens with one attached hydrogen (secondary N) is 2. The first-order valence-electron chi connectivity index (χ1n) is 5.87. The van der Waals surface area contributed by atoms with Gasteiger partial charge in [-0.05, 0) is 7.05 Å². The smallest absolute Gasteiger partial charge is 0.234 e. The summed E-state index contributed by atoms with van der Waals surface area (Å²) in [6, 6.07) is 1.99. The Hall–Kier alpha value is -1.16. The quantitative estimate of drug-likeness (QED) is 0.579. The van der Waals surface area contributed by atoms with Gasteiger partial charge >= 0.3 is 0 Å². The maximum atomic E-state index is 11.5. The summed E-state index contributed by atoms with van der Waals surface area (Å²) in [5.74, 6) is -0.0495. The van der Waals surface area contributed by atoms with Crippen molar-refractivity contribution in [3.05, 3.63) is 0 Å². The van der Waals surface area contributed by atoms with Crippen LogP contribution in [-0.4, -0.2) is 63.3 Å². The summed E-state index contributed by atoms with van der Waals surface area (Å²) in [7, 11) is 1.89. The lowest BCUT2D eigenvalue weighted by molar-refractivity contribution is -0.122. The van der Waals surface area contributed by atoms with E-state index in [2.05, 4.69) is 10.6 Å². The van der Waals surface area contributed by atoms with E-state index in [1.54, 1.807) is 0 Å². The van der Waals surface area contributed by atoms with Crippen LogP contribution in [0.25, 0.3) is 0 Å². The molecule has 96 valence electrons. The summed E-state index contributed by atoms with van der Waals surface area (Å²) in [4.78, 5) is 13.4. The second kappa shape index (κ2) is 8.01. The maximum absolute atomic E-state index is 11.5. The minimum atomic E-state index is -0.0495. The highest BCUT2D eigenvalue weighted by molar-refractivity contribution is 5.77. The van der Waals surface area contributed by atoms with Crippen LogP contribution in [0.3, 0.4) is 0 Å². The van der Waals surface area contributed by atoms with Crippen LogP contribution in [0.1, 0.15) is 6.42 Å². The Kier molecular flexibility index (Phi) is 6.55. The molecule has 0 aliphatic carbocycles. The Balaban J connectivity index is 2.12. The monoisotopic (exact) mass is 240 g/mol. The van der Waals surface area contributed by atoms with Crippen molar-refractivity contribution in [2.45, 2.75) is 12.5 Å². The minimum Gasteiger partial charge on any atom is -0.374 e. The van der Waals surface area contributed by atoms with Crippen LogP contribution in [-0.2, 0) is 9.53 Å². The number of amides is 1. The molecule has 1 aliphatic heterocycles. The first kappa shape index (κ1) is 13.9. The average molecular weight is 240 g/mol. The standard InChI is InChI=1S/C11H20N4O2/c1-15(8-10-7-13-5-6-17-10)9-11(16)14-4-2-3-12/h10,13H,2,4-9H2,1H3,(H,14,16). The third kappa shape index (κ3) is 6.22. The molecule has 0 radical (unpaired) electrons. The fourth-order valence-corrected chi connectivity index (χ4v) is 1.71. The van der Waals surface area contributed by atoms with Crippen molar-refractivity contribution in [3.8, 4) is 6.07 Å². The van der Waals surface area contributed by atoms with Crippen molar-refractivity contribution in [3.63, 3.8) is 0 Å². The molecule has 1 atom stereocenters. The van der Waals surface area contributed by atoms with Gasteiger partial charge in [0.15, 0.2) is 0 Å². The van der Waals surface area contributed by atoms with Crippen molar-refractivity contribution < 1.29 is 9.53 Å². The number of ether oxygens (including phenoxy) is 1. The van der Waals surface area contributed by atoms with Crippen LogP contribution in [0.5, 0.6) is 0 Å². The minimum absolute atomic E-state index is 0.0495. The zero-order valence-electron chi connectivity index (χ0n) is 10.2. The van der Waals surface area contributed by atoms with Gasteiger partial charge in [-0.1, -0.05) is 0 Å². The van der Waals surface area contributed by atoms with Crippen LogP contribution in [0.2, 0.25) is 0 Å². The van der Waals surface area contributed by atoms with E-state index in [9.17, 15) is 4.79 Å². The SMILES string of the molecule is CN(CC(=O)NCCC#N)CC1CNCCO1. The van der Waals surface area contributed by atoms with Crippen molar-refractivity contribution in [1.29, 1.82) is 5.26 Å². The molecule has 17 heavy (non-hydrogen) atoms. The van der Waals surface area contributed by atoms with E-state index in [1.165, 1.54) is 0 Å². The molecule has 1 saturated heterocycles. The van der Waals surface area contributed by atoms with E-state index in [1.807, 2.05) is 18.0 Å². The van der Waals surface area contributed by atoms with E-state index < -0.39 is 0 Å². The predicted molar refractivity (Wildman–Crippen MR) is 63.3 cm³/mol. The van der Waals surface area contributed by atoms with Crippen LogP contribution >= 0.6 is 0 Å². The molecule has 1 fully saturated rings. The van der Waals surface area contributed by atoms with Crippen LogP contribution < -0.4 is 10.6 Å². The van der Waals surface area contributed by atoms with Crippen molar-refractivity contribution in [1.82, 2.24) is 15.5 Å². The van der Waals surface area contributed by atoms with E-state index in [4.69, 9.17) is 10.00 Å². The van der Waals surface area contributed by atoms with Gasteiger partial charge in [-0.15, -0.1) is 0 Å². The van der Waals surface area contributed by atoms with Gasteiger partial charge in [0.05, 0.1) is 31.7 Å². The molecule has 1 aliphatic rings. The van der Waals surface area contributed by atoms with Crippen molar-refractivity contribution >= 4 is 5.91 Å². The molecule has 1 heterocycles. The molecule has 0 bridgehead atoms. The average Bonchev–Trinajstić information content (AvgIpc) is 2.30. The molecule has 0 aromatic rings. The third-order valence-electron chi connectivity index (χ3n) is 2.49. The first-order valence-corrected chi connectivity index (χ1v) is 5.87. The normalized spacial score (nSPS) is 19.9. The number of carbonyl (C=O) groups excluding carboxylic acids is 1.